The number of aromatic nitrogens is 2. The molecule has 8 nitrogen and oxygen atoms in total. The van der Waals surface area contributed by atoms with E-state index in [0.717, 1.165) is 0 Å². The Bertz CT molecular complexity index is 870. The topological polar surface area (TPSA) is 103 Å². The highest BCUT2D eigenvalue weighted by Gasteiger charge is 2.07. The number of nitrogens with zero attached hydrogens (tertiary/aromatic N) is 3. The summed E-state index contributed by atoms with van der Waals surface area (Å²) in [5.74, 6) is 0.594. The van der Waals surface area contributed by atoms with Crippen molar-refractivity contribution in [2.24, 2.45) is 4.99 Å². The minimum absolute atomic E-state index is 0.222. The average Bonchev–Trinajstić information content (AvgIpc) is 2.76. The number of carbonyl (C=O) groups excluding carboxylic acids is 1. The van der Waals surface area contributed by atoms with Crippen LogP contribution in [0.4, 0.5) is 11.6 Å². The van der Waals surface area contributed by atoms with Crippen LogP contribution in [0.3, 0.4) is 0 Å². The summed E-state index contributed by atoms with van der Waals surface area (Å²) in [6.45, 7) is 3.77. The SMILES string of the molecule is C=C1/C=C\NN/C(Nc2cnc(NC(=O)c3ccccc3)nc2)=C\C=N/1. The van der Waals surface area contributed by atoms with Crippen LogP contribution in [-0.4, -0.2) is 22.1 Å². The normalized spacial score (nSPS) is 17.8. The number of hydrogen-bond acceptors (Lipinski definition) is 7. The van der Waals surface area contributed by atoms with Gasteiger partial charge in [-0.2, -0.15) is 0 Å². The fourth-order valence-corrected chi connectivity index (χ4v) is 2.00. The number of carbonyl (C=O) groups is 1. The van der Waals surface area contributed by atoms with Crippen molar-refractivity contribution in [1.82, 2.24) is 20.8 Å². The van der Waals surface area contributed by atoms with Gasteiger partial charge in [-0.15, -0.1) is 0 Å². The van der Waals surface area contributed by atoms with Gasteiger partial charge in [0.1, 0.15) is 5.82 Å². The van der Waals surface area contributed by atoms with Crippen molar-refractivity contribution in [3.05, 3.63) is 84.7 Å². The average molecular weight is 347 g/mol. The van der Waals surface area contributed by atoms with Crippen LogP contribution in [-0.2, 0) is 0 Å². The zero-order valence-corrected chi connectivity index (χ0v) is 13.8. The molecule has 26 heavy (non-hydrogen) atoms. The number of nitrogens with one attached hydrogen (secondary N) is 4. The second-order valence-electron chi connectivity index (χ2n) is 5.19. The summed E-state index contributed by atoms with van der Waals surface area (Å²) in [4.78, 5) is 24.5. The van der Waals surface area contributed by atoms with E-state index < -0.39 is 0 Å². The molecule has 0 unspecified atom stereocenters. The van der Waals surface area contributed by atoms with E-state index in [1.54, 1.807) is 61.2 Å². The number of rotatable bonds is 4. The van der Waals surface area contributed by atoms with Crippen LogP contribution in [0.15, 0.2) is 84.2 Å². The Morgan fingerprint density at radius 3 is 2.65 bits per heavy atom. The highest BCUT2D eigenvalue weighted by molar-refractivity contribution is 6.03. The molecule has 2 heterocycles. The first-order valence-corrected chi connectivity index (χ1v) is 7.77. The summed E-state index contributed by atoms with van der Waals surface area (Å²) >= 11 is 0. The van der Waals surface area contributed by atoms with Crippen molar-refractivity contribution in [3.63, 3.8) is 0 Å². The first kappa shape index (κ1) is 16.9. The van der Waals surface area contributed by atoms with Gasteiger partial charge in [-0.05, 0) is 24.3 Å². The molecule has 0 bridgehead atoms. The molecule has 4 N–H and O–H groups in total. The monoisotopic (exact) mass is 347 g/mol. The van der Waals surface area contributed by atoms with E-state index in [0.29, 0.717) is 22.8 Å². The molecule has 1 aromatic heterocycles. The lowest BCUT2D eigenvalue weighted by Crippen LogP contribution is -2.30. The van der Waals surface area contributed by atoms with Crippen molar-refractivity contribution < 1.29 is 4.79 Å². The van der Waals surface area contributed by atoms with Crippen molar-refractivity contribution in [2.75, 3.05) is 10.6 Å². The summed E-state index contributed by atoms with van der Waals surface area (Å²) in [6.07, 6.45) is 9.89. The molecule has 130 valence electrons. The van der Waals surface area contributed by atoms with Gasteiger partial charge in [0, 0.05) is 18.0 Å². The number of hydrogen-bond donors (Lipinski definition) is 4. The predicted molar refractivity (Wildman–Crippen MR) is 101 cm³/mol. The molecular formula is C18H17N7O. The Labute approximate surface area is 150 Å². The van der Waals surface area contributed by atoms with Crippen LogP contribution in [0.25, 0.3) is 0 Å². The minimum atomic E-state index is -0.264. The molecule has 0 saturated heterocycles. The molecule has 0 fully saturated rings. The summed E-state index contributed by atoms with van der Waals surface area (Å²) < 4.78 is 0. The van der Waals surface area contributed by atoms with Crippen LogP contribution in [0.2, 0.25) is 0 Å². The summed E-state index contributed by atoms with van der Waals surface area (Å²) in [7, 11) is 0. The Kier molecular flexibility index (Phi) is 5.36. The molecule has 1 aliphatic heterocycles. The van der Waals surface area contributed by atoms with E-state index in [9.17, 15) is 4.79 Å². The van der Waals surface area contributed by atoms with E-state index in [4.69, 9.17) is 0 Å². The molecule has 2 aromatic rings. The maximum atomic E-state index is 12.1. The third-order valence-corrected chi connectivity index (χ3v) is 3.24. The fraction of sp³-hybridized carbons (Fsp3) is 0. The molecule has 0 spiro atoms. The number of anilines is 2. The Balaban J connectivity index is 1.63. The summed E-state index contributed by atoms with van der Waals surface area (Å²) in [6, 6.07) is 8.88. The van der Waals surface area contributed by atoms with Crippen LogP contribution >= 0.6 is 0 Å². The highest BCUT2D eigenvalue weighted by atomic mass is 16.1. The molecule has 1 amide bonds. The molecule has 8 heteroatoms. The van der Waals surface area contributed by atoms with Crippen molar-refractivity contribution in [2.45, 2.75) is 0 Å². The number of hydrazine groups is 1. The lowest BCUT2D eigenvalue weighted by molar-refractivity contribution is 0.102. The second kappa shape index (κ2) is 8.25. The third kappa shape index (κ3) is 4.78. The van der Waals surface area contributed by atoms with Crippen LogP contribution in [0.1, 0.15) is 10.4 Å². The standard InChI is InChI=1S/C18H17N7O/c1-13-7-10-22-25-16(8-9-19-13)23-15-11-20-18(21-12-15)24-17(26)14-5-3-2-4-6-14/h2-12,22-23,25H,1H2,(H,20,21,24,26)/b10-7-,16-8-,19-9-. The summed E-state index contributed by atoms with van der Waals surface area (Å²) in [5, 5.41) is 5.75. The van der Waals surface area contributed by atoms with Gasteiger partial charge in [0.2, 0.25) is 5.95 Å². The van der Waals surface area contributed by atoms with Gasteiger partial charge in [-0.1, -0.05) is 24.8 Å². The van der Waals surface area contributed by atoms with E-state index in [2.05, 4.69) is 43.0 Å². The lowest BCUT2D eigenvalue weighted by atomic mass is 10.2. The van der Waals surface area contributed by atoms with Gasteiger partial charge in [-0.25, -0.2) is 9.97 Å². The largest absolute Gasteiger partial charge is 0.338 e. The molecule has 1 aromatic carbocycles. The maximum absolute atomic E-state index is 12.1. The molecule has 1 aliphatic rings. The Hall–Kier alpha value is -3.94. The van der Waals surface area contributed by atoms with E-state index in [1.807, 2.05) is 6.07 Å². The molecule has 3 rings (SSSR count). The zero-order valence-electron chi connectivity index (χ0n) is 13.8. The van der Waals surface area contributed by atoms with Gasteiger partial charge < -0.3 is 10.7 Å². The van der Waals surface area contributed by atoms with Gasteiger partial charge >= 0.3 is 0 Å². The maximum Gasteiger partial charge on any atom is 0.258 e. The first-order chi connectivity index (χ1) is 12.7. The molecule has 0 saturated carbocycles. The quantitative estimate of drug-likeness (QED) is 0.676. The van der Waals surface area contributed by atoms with E-state index in [1.165, 1.54) is 0 Å². The Morgan fingerprint density at radius 2 is 1.88 bits per heavy atom. The van der Waals surface area contributed by atoms with Crippen molar-refractivity contribution in [3.8, 4) is 0 Å². The number of amides is 1. The fourth-order valence-electron chi connectivity index (χ4n) is 2.00. The molecule has 0 atom stereocenters. The van der Waals surface area contributed by atoms with Gasteiger partial charge in [0.25, 0.3) is 5.91 Å². The lowest BCUT2D eigenvalue weighted by Gasteiger charge is -2.12. The molecular weight excluding hydrogens is 330 g/mol. The number of benzene rings is 1. The van der Waals surface area contributed by atoms with Gasteiger partial charge in [0.05, 0.1) is 23.8 Å². The number of allylic oxidation sites excluding steroid dienone is 2. The Morgan fingerprint density at radius 1 is 1.12 bits per heavy atom. The number of aliphatic imine (C=N–C) groups is 1. The zero-order chi connectivity index (χ0) is 18.2. The van der Waals surface area contributed by atoms with Crippen molar-refractivity contribution in [1.29, 1.82) is 0 Å². The predicted octanol–water partition coefficient (Wildman–Crippen LogP) is 2.19. The third-order valence-electron chi connectivity index (χ3n) is 3.24. The van der Waals surface area contributed by atoms with Crippen molar-refractivity contribution >= 4 is 23.8 Å². The van der Waals surface area contributed by atoms with E-state index >= 15 is 0 Å². The van der Waals surface area contributed by atoms with Crippen LogP contribution in [0.5, 0.6) is 0 Å². The van der Waals surface area contributed by atoms with Gasteiger partial charge in [-0.3, -0.25) is 20.5 Å². The smallest absolute Gasteiger partial charge is 0.258 e. The molecule has 0 radical (unpaired) electrons. The van der Waals surface area contributed by atoms with Crippen LogP contribution in [0, 0.1) is 0 Å². The minimum Gasteiger partial charge on any atom is -0.338 e. The summed E-state index contributed by atoms with van der Waals surface area (Å²) in [5.41, 5.74) is 7.64. The van der Waals surface area contributed by atoms with Gasteiger partial charge in [0.15, 0.2) is 0 Å². The second-order valence-corrected chi connectivity index (χ2v) is 5.19. The van der Waals surface area contributed by atoms with Crippen LogP contribution < -0.4 is 21.5 Å². The highest BCUT2D eigenvalue weighted by Crippen LogP contribution is 2.09. The molecule has 0 aliphatic carbocycles. The van der Waals surface area contributed by atoms with E-state index in [-0.39, 0.29) is 11.9 Å². The first-order valence-electron chi connectivity index (χ1n) is 7.77.